The summed E-state index contributed by atoms with van der Waals surface area (Å²) in [6, 6.07) is 12.9. The summed E-state index contributed by atoms with van der Waals surface area (Å²) in [5, 5.41) is 0. The van der Waals surface area contributed by atoms with Crippen LogP contribution in [0.5, 0.6) is 11.5 Å². The predicted octanol–water partition coefficient (Wildman–Crippen LogP) is 3.07. The van der Waals surface area contributed by atoms with E-state index < -0.39 is 0 Å². The second-order valence-electron chi connectivity index (χ2n) is 5.42. The number of nitrogens with two attached hydrogens (primary N) is 1. The van der Waals surface area contributed by atoms with Crippen molar-refractivity contribution in [3.05, 3.63) is 47.5 Å². The summed E-state index contributed by atoms with van der Waals surface area (Å²) >= 11 is 0. The van der Waals surface area contributed by atoms with E-state index in [-0.39, 0.29) is 6.04 Å². The molecule has 20 heavy (non-hydrogen) atoms. The molecule has 1 atom stereocenters. The number of hydrogen-bond acceptors (Lipinski definition) is 3. The minimum atomic E-state index is 0.208. The summed E-state index contributed by atoms with van der Waals surface area (Å²) < 4.78 is 11.2. The van der Waals surface area contributed by atoms with Crippen LogP contribution >= 0.6 is 0 Å². The molecular weight excluding hydrogens is 250 g/mol. The van der Waals surface area contributed by atoms with Crippen molar-refractivity contribution in [3.8, 4) is 22.6 Å². The highest BCUT2D eigenvalue weighted by Gasteiger charge is 2.19. The molecule has 102 valence electrons. The molecule has 0 spiro atoms. The fourth-order valence-corrected chi connectivity index (χ4v) is 3.05. The predicted molar refractivity (Wildman–Crippen MR) is 78.1 cm³/mol. The minimum absolute atomic E-state index is 0.208. The SMILES string of the molecule is NC1CCc2cc(-c3ccc4c(c3)OCCO4)ccc21. The van der Waals surface area contributed by atoms with Gasteiger partial charge in [-0.2, -0.15) is 0 Å². The van der Waals surface area contributed by atoms with E-state index in [1.807, 2.05) is 6.07 Å². The van der Waals surface area contributed by atoms with E-state index >= 15 is 0 Å². The normalized spacial score (nSPS) is 19.8. The first-order chi connectivity index (χ1) is 9.81. The summed E-state index contributed by atoms with van der Waals surface area (Å²) in [5.41, 5.74) is 11.1. The third kappa shape index (κ3) is 1.86. The maximum absolute atomic E-state index is 6.09. The molecule has 0 saturated carbocycles. The number of rotatable bonds is 1. The molecule has 0 radical (unpaired) electrons. The largest absolute Gasteiger partial charge is 0.486 e. The molecule has 0 amide bonds. The Kier molecular flexibility index (Phi) is 2.67. The zero-order valence-corrected chi connectivity index (χ0v) is 11.3. The number of fused-ring (bicyclic) bond motifs is 2. The van der Waals surface area contributed by atoms with Crippen molar-refractivity contribution in [2.45, 2.75) is 18.9 Å². The van der Waals surface area contributed by atoms with Crippen LogP contribution in [-0.2, 0) is 6.42 Å². The summed E-state index contributed by atoms with van der Waals surface area (Å²) in [7, 11) is 0. The molecule has 0 aromatic heterocycles. The van der Waals surface area contributed by atoms with Gasteiger partial charge in [0.25, 0.3) is 0 Å². The lowest BCUT2D eigenvalue weighted by atomic mass is 9.99. The van der Waals surface area contributed by atoms with Crippen LogP contribution in [0, 0.1) is 0 Å². The molecule has 2 aromatic rings. The molecule has 2 aliphatic rings. The van der Waals surface area contributed by atoms with Gasteiger partial charge in [-0.15, -0.1) is 0 Å². The van der Waals surface area contributed by atoms with Crippen molar-refractivity contribution < 1.29 is 9.47 Å². The van der Waals surface area contributed by atoms with Crippen LogP contribution in [-0.4, -0.2) is 13.2 Å². The van der Waals surface area contributed by atoms with Gasteiger partial charge < -0.3 is 15.2 Å². The molecule has 4 rings (SSSR count). The van der Waals surface area contributed by atoms with Gasteiger partial charge in [-0.25, -0.2) is 0 Å². The van der Waals surface area contributed by atoms with Crippen molar-refractivity contribution in [2.75, 3.05) is 13.2 Å². The molecule has 0 bridgehead atoms. The Morgan fingerprint density at radius 3 is 2.55 bits per heavy atom. The summed E-state index contributed by atoms with van der Waals surface area (Å²) in [6.45, 7) is 1.25. The van der Waals surface area contributed by atoms with E-state index in [9.17, 15) is 0 Å². The summed E-state index contributed by atoms with van der Waals surface area (Å²) in [5.74, 6) is 1.68. The average molecular weight is 267 g/mol. The number of aryl methyl sites for hydroxylation is 1. The monoisotopic (exact) mass is 267 g/mol. The molecule has 0 fully saturated rings. The molecule has 2 N–H and O–H groups in total. The van der Waals surface area contributed by atoms with Gasteiger partial charge in [0.15, 0.2) is 11.5 Å². The highest BCUT2D eigenvalue weighted by Crippen LogP contribution is 2.37. The third-order valence-corrected chi connectivity index (χ3v) is 4.14. The van der Waals surface area contributed by atoms with Gasteiger partial charge in [0.2, 0.25) is 0 Å². The van der Waals surface area contributed by atoms with E-state index in [4.69, 9.17) is 15.2 Å². The highest BCUT2D eigenvalue weighted by atomic mass is 16.6. The van der Waals surface area contributed by atoms with Gasteiger partial charge in [-0.1, -0.05) is 24.3 Å². The first-order valence-electron chi connectivity index (χ1n) is 7.10. The topological polar surface area (TPSA) is 44.5 Å². The maximum atomic E-state index is 6.09. The molecule has 1 heterocycles. The van der Waals surface area contributed by atoms with Crippen LogP contribution in [0.25, 0.3) is 11.1 Å². The van der Waals surface area contributed by atoms with Gasteiger partial charge in [0.05, 0.1) is 0 Å². The van der Waals surface area contributed by atoms with E-state index in [2.05, 4.69) is 30.3 Å². The summed E-state index contributed by atoms with van der Waals surface area (Å²) in [6.07, 6.45) is 2.13. The maximum Gasteiger partial charge on any atom is 0.161 e. The highest BCUT2D eigenvalue weighted by molar-refractivity contribution is 5.69. The van der Waals surface area contributed by atoms with Gasteiger partial charge in [-0.3, -0.25) is 0 Å². The Morgan fingerprint density at radius 1 is 0.900 bits per heavy atom. The lowest BCUT2D eigenvalue weighted by Crippen LogP contribution is -2.15. The fraction of sp³-hybridized carbons (Fsp3) is 0.294. The Labute approximate surface area is 118 Å². The Bertz CT molecular complexity index is 657. The van der Waals surface area contributed by atoms with Crippen LogP contribution in [0.3, 0.4) is 0 Å². The second kappa shape index (κ2) is 4.53. The first kappa shape index (κ1) is 11.8. The van der Waals surface area contributed by atoms with Crippen LogP contribution in [0.15, 0.2) is 36.4 Å². The van der Waals surface area contributed by atoms with Crippen LogP contribution in [0.1, 0.15) is 23.6 Å². The molecule has 0 saturated heterocycles. The molecule has 3 nitrogen and oxygen atoms in total. The van der Waals surface area contributed by atoms with E-state index in [1.165, 1.54) is 16.7 Å². The summed E-state index contributed by atoms with van der Waals surface area (Å²) in [4.78, 5) is 0. The average Bonchev–Trinajstić information content (AvgIpc) is 2.88. The third-order valence-electron chi connectivity index (χ3n) is 4.14. The quantitative estimate of drug-likeness (QED) is 0.863. The standard InChI is InChI=1S/C17H17NO2/c18-15-5-2-13-9-11(1-4-14(13)15)12-3-6-16-17(10-12)20-8-7-19-16/h1,3-4,6,9-10,15H,2,5,7-8,18H2. The Balaban J connectivity index is 1.74. The first-order valence-corrected chi connectivity index (χ1v) is 7.10. The number of benzene rings is 2. The smallest absolute Gasteiger partial charge is 0.161 e. The minimum Gasteiger partial charge on any atom is -0.486 e. The van der Waals surface area contributed by atoms with Crippen LogP contribution in [0.4, 0.5) is 0 Å². The fourth-order valence-electron chi connectivity index (χ4n) is 3.05. The molecule has 2 aromatic carbocycles. The number of ether oxygens (including phenoxy) is 2. The van der Waals surface area contributed by atoms with E-state index in [0.717, 1.165) is 29.9 Å². The van der Waals surface area contributed by atoms with Gasteiger partial charge in [0, 0.05) is 6.04 Å². The van der Waals surface area contributed by atoms with E-state index in [1.54, 1.807) is 0 Å². The molecule has 1 aliphatic heterocycles. The van der Waals surface area contributed by atoms with Crippen LogP contribution < -0.4 is 15.2 Å². The van der Waals surface area contributed by atoms with E-state index in [0.29, 0.717) is 13.2 Å². The Hall–Kier alpha value is -2.00. The second-order valence-corrected chi connectivity index (χ2v) is 5.42. The van der Waals surface area contributed by atoms with Crippen molar-refractivity contribution >= 4 is 0 Å². The molecule has 1 aliphatic carbocycles. The van der Waals surface area contributed by atoms with Crippen molar-refractivity contribution in [1.29, 1.82) is 0 Å². The zero-order valence-electron chi connectivity index (χ0n) is 11.3. The van der Waals surface area contributed by atoms with Crippen molar-refractivity contribution in [3.63, 3.8) is 0 Å². The van der Waals surface area contributed by atoms with Crippen LogP contribution in [0.2, 0.25) is 0 Å². The lowest BCUT2D eigenvalue weighted by Gasteiger charge is -2.19. The number of hydrogen-bond donors (Lipinski definition) is 1. The van der Waals surface area contributed by atoms with Gasteiger partial charge >= 0.3 is 0 Å². The van der Waals surface area contributed by atoms with Gasteiger partial charge in [-0.05, 0) is 47.2 Å². The Morgan fingerprint density at radius 2 is 1.65 bits per heavy atom. The zero-order chi connectivity index (χ0) is 13.5. The van der Waals surface area contributed by atoms with Crippen molar-refractivity contribution in [2.24, 2.45) is 5.73 Å². The van der Waals surface area contributed by atoms with Crippen molar-refractivity contribution in [1.82, 2.24) is 0 Å². The molecular formula is C17H17NO2. The lowest BCUT2D eigenvalue weighted by molar-refractivity contribution is 0.171. The van der Waals surface area contributed by atoms with Gasteiger partial charge in [0.1, 0.15) is 13.2 Å². The molecule has 3 heteroatoms. The molecule has 1 unspecified atom stereocenters.